The Morgan fingerprint density at radius 1 is 1.41 bits per heavy atom. The van der Waals surface area contributed by atoms with Gasteiger partial charge in [-0.1, -0.05) is 12.1 Å². The van der Waals surface area contributed by atoms with E-state index >= 15 is 0 Å². The topological polar surface area (TPSA) is 44.5 Å². The second-order valence-electron chi connectivity index (χ2n) is 5.53. The van der Waals surface area contributed by atoms with Crippen molar-refractivity contribution in [1.29, 1.82) is 0 Å². The van der Waals surface area contributed by atoms with Gasteiger partial charge in [-0.15, -0.1) is 0 Å². The van der Waals surface area contributed by atoms with Crippen LogP contribution in [0.5, 0.6) is 11.5 Å². The van der Waals surface area contributed by atoms with Crippen molar-refractivity contribution in [3.63, 3.8) is 0 Å². The van der Waals surface area contributed by atoms with Crippen LogP contribution in [0.3, 0.4) is 0 Å². The summed E-state index contributed by atoms with van der Waals surface area (Å²) in [4.78, 5) is 0. The zero-order valence-electron chi connectivity index (χ0n) is 10.4. The molecule has 1 heterocycles. The minimum absolute atomic E-state index is 0.121. The number of benzene rings is 1. The number of rotatable bonds is 1. The first-order valence-corrected chi connectivity index (χ1v) is 6.23. The van der Waals surface area contributed by atoms with E-state index in [0.717, 1.165) is 30.8 Å². The third kappa shape index (κ3) is 1.69. The van der Waals surface area contributed by atoms with Gasteiger partial charge in [0.15, 0.2) is 11.5 Å². The number of fused-ring (bicyclic) bond motifs is 4. The molecular formula is C14H19NO2. The van der Waals surface area contributed by atoms with E-state index < -0.39 is 0 Å². The Bertz CT molecular complexity index is 446. The Labute approximate surface area is 102 Å². The van der Waals surface area contributed by atoms with Gasteiger partial charge in [-0.3, -0.25) is 0 Å². The molecule has 3 heteroatoms. The Morgan fingerprint density at radius 2 is 2.24 bits per heavy atom. The lowest BCUT2D eigenvalue weighted by atomic mass is 9.71. The maximum absolute atomic E-state index is 6.18. The molecule has 0 aromatic heterocycles. The predicted octanol–water partition coefficient (Wildman–Crippen LogP) is 2.44. The molecule has 92 valence electrons. The summed E-state index contributed by atoms with van der Waals surface area (Å²) in [5.41, 5.74) is 7.27. The fourth-order valence-electron chi connectivity index (χ4n) is 3.38. The third-order valence-electron chi connectivity index (χ3n) is 3.98. The molecule has 1 fully saturated rings. The van der Waals surface area contributed by atoms with Gasteiger partial charge >= 0.3 is 0 Å². The highest BCUT2D eigenvalue weighted by Gasteiger charge is 2.44. The van der Waals surface area contributed by atoms with Gasteiger partial charge in [0.1, 0.15) is 5.60 Å². The van der Waals surface area contributed by atoms with Crippen LogP contribution in [-0.2, 0) is 0 Å². The summed E-state index contributed by atoms with van der Waals surface area (Å²) in [5, 5.41) is 0. The zero-order chi connectivity index (χ0) is 12.0. The van der Waals surface area contributed by atoms with E-state index in [1.807, 2.05) is 12.1 Å². The lowest BCUT2D eigenvalue weighted by molar-refractivity contribution is 0.0112. The van der Waals surface area contributed by atoms with Gasteiger partial charge < -0.3 is 15.2 Å². The SMILES string of the molecule is COc1cccc2c1OC1(C)CC(N)CC2C1. The molecule has 17 heavy (non-hydrogen) atoms. The van der Waals surface area contributed by atoms with Crippen molar-refractivity contribution in [2.24, 2.45) is 5.73 Å². The van der Waals surface area contributed by atoms with Crippen LogP contribution >= 0.6 is 0 Å². The summed E-state index contributed by atoms with van der Waals surface area (Å²) in [7, 11) is 1.69. The van der Waals surface area contributed by atoms with Crippen LogP contribution in [0.15, 0.2) is 18.2 Å². The summed E-state index contributed by atoms with van der Waals surface area (Å²) in [6, 6.07) is 6.38. The van der Waals surface area contributed by atoms with E-state index in [4.69, 9.17) is 15.2 Å². The molecule has 1 aliphatic carbocycles. The highest BCUT2D eigenvalue weighted by atomic mass is 16.5. The molecule has 0 saturated heterocycles. The van der Waals surface area contributed by atoms with Crippen molar-refractivity contribution in [3.05, 3.63) is 23.8 Å². The van der Waals surface area contributed by atoms with Crippen LogP contribution < -0.4 is 15.2 Å². The summed E-state index contributed by atoms with van der Waals surface area (Å²) in [6.45, 7) is 2.16. The monoisotopic (exact) mass is 233 g/mol. The minimum Gasteiger partial charge on any atom is -0.493 e. The van der Waals surface area contributed by atoms with Crippen LogP contribution in [0.4, 0.5) is 0 Å². The van der Waals surface area contributed by atoms with Gasteiger partial charge in [0.05, 0.1) is 7.11 Å². The molecule has 2 N–H and O–H groups in total. The van der Waals surface area contributed by atoms with E-state index in [1.54, 1.807) is 7.11 Å². The van der Waals surface area contributed by atoms with E-state index in [1.165, 1.54) is 5.56 Å². The average molecular weight is 233 g/mol. The van der Waals surface area contributed by atoms with Gasteiger partial charge in [0.2, 0.25) is 0 Å². The minimum atomic E-state index is -0.121. The largest absolute Gasteiger partial charge is 0.493 e. The molecule has 2 aliphatic rings. The molecular weight excluding hydrogens is 214 g/mol. The Hall–Kier alpha value is -1.22. The molecule has 1 aliphatic heterocycles. The lowest BCUT2D eigenvalue weighted by Gasteiger charge is -2.46. The first-order valence-electron chi connectivity index (χ1n) is 6.23. The molecule has 3 rings (SSSR count). The molecule has 3 unspecified atom stereocenters. The lowest BCUT2D eigenvalue weighted by Crippen LogP contribution is -2.48. The summed E-state index contributed by atoms with van der Waals surface area (Å²) < 4.78 is 11.6. The van der Waals surface area contributed by atoms with Gasteiger partial charge in [-0.2, -0.15) is 0 Å². The van der Waals surface area contributed by atoms with Crippen molar-refractivity contribution in [2.75, 3.05) is 7.11 Å². The molecule has 0 amide bonds. The van der Waals surface area contributed by atoms with Crippen LogP contribution in [0.2, 0.25) is 0 Å². The van der Waals surface area contributed by atoms with Gasteiger partial charge in [0, 0.05) is 18.0 Å². The molecule has 1 aromatic rings. The first-order chi connectivity index (χ1) is 8.11. The molecule has 0 spiro atoms. The van der Waals surface area contributed by atoms with Crippen molar-refractivity contribution in [2.45, 2.75) is 43.7 Å². The van der Waals surface area contributed by atoms with Gasteiger partial charge in [0.25, 0.3) is 0 Å². The fourth-order valence-corrected chi connectivity index (χ4v) is 3.38. The van der Waals surface area contributed by atoms with Gasteiger partial charge in [-0.05, 0) is 31.7 Å². The van der Waals surface area contributed by atoms with E-state index in [9.17, 15) is 0 Å². The molecule has 3 atom stereocenters. The van der Waals surface area contributed by atoms with Crippen molar-refractivity contribution >= 4 is 0 Å². The number of hydrogen-bond donors (Lipinski definition) is 1. The Balaban J connectivity index is 2.09. The van der Waals surface area contributed by atoms with Crippen LogP contribution in [0, 0.1) is 0 Å². The third-order valence-corrected chi connectivity index (χ3v) is 3.98. The predicted molar refractivity (Wildman–Crippen MR) is 66.6 cm³/mol. The number of methoxy groups -OCH3 is 1. The smallest absolute Gasteiger partial charge is 0.165 e. The van der Waals surface area contributed by atoms with Crippen LogP contribution in [0.25, 0.3) is 0 Å². The molecule has 0 radical (unpaired) electrons. The average Bonchev–Trinajstić information content (AvgIpc) is 2.26. The quantitative estimate of drug-likeness (QED) is 0.810. The maximum Gasteiger partial charge on any atom is 0.165 e. The van der Waals surface area contributed by atoms with E-state index in [-0.39, 0.29) is 11.6 Å². The second kappa shape index (κ2) is 3.64. The highest BCUT2D eigenvalue weighted by molar-refractivity contribution is 5.50. The molecule has 1 aromatic carbocycles. The van der Waals surface area contributed by atoms with Crippen molar-refractivity contribution in [3.8, 4) is 11.5 Å². The zero-order valence-corrected chi connectivity index (χ0v) is 10.4. The first kappa shape index (κ1) is 10.9. The standard InChI is InChI=1S/C14H19NO2/c1-14-7-9(6-10(15)8-14)11-4-3-5-12(16-2)13(11)17-14/h3-5,9-10H,6-8,15H2,1-2H3. The molecule has 2 bridgehead atoms. The van der Waals surface area contributed by atoms with Crippen molar-refractivity contribution < 1.29 is 9.47 Å². The number of hydrogen-bond acceptors (Lipinski definition) is 3. The van der Waals surface area contributed by atoms with Gasteiger partial charge in [-0.25, -0.2) is 0 Å². The summed E-state index contributed by atoms with van der Waals surface area (Å²) in [6.07, 6.45) is 3.06. The van der Waals surface area contributed by atoms with Crippen molar-refractivity contribution in [1.82, 2.24) is 0 Å². The van der Waals surface area contributed by atoms with E-state index in [2.05, 4.69) is 13.0 Å². The molecule has 1 saturated carbocycles. The van der Waals surface area contributed by atoms with Crippen LogP contribution in [-0.4, -0.2) is 18.8 Å². The van der Waals surface area contributed by atoms with Crippen LogP contribution in [0.1, 0.15) is 37.7 Å². The molecule has 3 nitrogen and oxygen atoms in total. The second-order valence-corrected chi connectivity index (χ2v) is 5.53. The number of nitrogens with two attached hydrogens (primary N) is 1. The summed E-state index contributed by atoms with van der Waals surface area (Å²) >= 11 is 0. The summed E-state index contributed by atoms with van der Waals surface area (Å²) in [5.74, 6) is 2.29. The maximum atomic E-state index is 6.18. The normalized spacial score (nSPS) is 34.8. The fraction of sp³-hybridized carbons (Fsp3) is 0.571. The number of para-hydroxylation sites is 1. The highest BCUT2D eigenvalue weighted by Crippen LogP contribution is 2.51. The van der Waals surface area contributed by atoms with E-state index in [0.29, 0.717) is 5.92 Å². The Kier molecular flexibility index (Phi) is 2.33. The number of ether oxygens (including phenoxy) is 2. The Morgan fingerprint density at radius 3 is 3.00 bits per heavy atom.